The maximum atomic E-state index is 9.81. The van der Waals surface area contributed by atoms with Gasteiger partial charge in [-0.1, -0.05) is 0 Å². The zero-order valence-electron chi connectivity index (χ0n) is 10.7. The first-order valence-electron chi connectivity index (χ1n) is 6.07. The lowest BCUT2D eigenvalue weighted by Crippen LogP contribution is -2.38. The van der Waals surface area contributed by atoms with Crippen LogP contribution in [0.5, 0.6) is 0 Å². The quantitative estimate of drug-likeness (QED) is 0.389. The normalized spacial score (nSPS) is 29.1. The molecule has 11 heteroatoms. The van der Waals surface area contributed by atoms with Gasteiger partial charge in [-0.05, 0) is 0 Å². The van der Waals surface area contributed by atoms with Crippen LogP contribution < -0.4 is 16.3 Å². The van der Waals surface area contributed by atoms with Gasteiger partial charge in [-0.2, -0.15) is 9.97 Å². The molecule has 1 unspecified atom stereocenters. The van der Waals surface area contributed by atoms with Crippen molar-refractivity contribution in [3.8, 4) is 0 Å². The molecule has 3 rings (SSSR count). The van der Waals surface area contributed by atoms with Crippen LogP contribution in [-0.4, -0.2) is 66.2 Å². The molecule has 1 aliphatic rings. The van der Waals surface area contributed by atoms with Crippen molar-refractivity contribution in [2.75, 3.05) is 18.1 Å². The molecule has 0 spiro atoms. The highest BCUT2D eigenvalue weighted by atomic mass is 16.8. The van der Waals surface area contributed by atoms with Crippen LogP contribution in [0.3, 0.4) is 0 Å². The molecule has 1 fully saturated rings. The molecule has 0 amide bonds. The first-order chi connectivity index (χ1) is 10.0. The number of hydrogen-bond acceptors (Lipinski definition) is 10. The Kier molecular flexibility index (Phi) is 3.25. The second kappa shape index (κ2) is 4.96. The molecule has 21 heavy (non-hydrogen) atoms. The Morgan fingerprint density at radius 1 is 1.29 bits per heavy atom. The number of rotatable bonds is 3. The molecule has 0 aromatic carbocycles. The summed E-state index contributed by atoms with van der Waals surface area (Å²) in [7, 11) is 0. The molecule has 1 aliphatic heterocycles. The first kappa shape index (κ1) is 13.8. The number of nitrogens with zero attached hydrogens (tertiary/aromatic N) is 4. The van der Waals surface area contributed by atoms with Crippen LogP contribution in [-0.2, 0) is 4.74 Å². The Bertz CT molecular complexity index is 663. The predicted molar refractivity (Wildman–Crippen MR) is 68.5 cm³/mol. The Morgan fingerprint density at radius 3 is 2.71 bits per heavy atom. The van der Waals surface area contributed by atoms with Crippen LogP contribution in [0, 0.1) is 0 Å². The van der Waals surface area contributed by atoms with Gasteiger partial charge in [0.05, 0.1) is 6.61 Å². The van der Waals surface area contributed by atoms with Gasteiger partial charge < -0.3 is 36.4 Å². The molecule has 2 aromatic heterocycles. The molecule has 11 nitrogen and oxygen atoms in total. The molecule has 114 valence electrons. The summed E-state index contributed by atoms with van der Waals surface area (Å²) in [5, 5.41) is 28.5. The molecular weight excluding hydrogens is 284 g/mol. The summed E-state index contributed by atoms with van der Waals surface area (Å²) in [6, 6.07) is 0. The van der Waals surface area contributed by atoms with E-state index in [-0.39, 0.29) is 22.9 Å². The standard InChI is InChI=1S/C10H14N6O5/c11-7-4-8(15-10(12)14-7)16(2-13-4)21-9-6(19)5(18)3(1-17)20-9/h2-3,5-6,9,17-19H,1H2,(H4,11,12,14,15)/t3-,5-,6-,9?/m1/s1. The fourth-order valence-electron chi connectivity index (χ4n) is 2.06. The largest absolute Gasteiger partial charge is 0.394 e. The van der Waals surface area contributed by atoms with Crippen molar-refractivity contribution in [3.05, 3.63) is 6.33 Å². The van der Waals surface area contributed by atoms with E-state index >= 15 is 0 Å². The van der Waals surface area contributed by atoms with Crippen molar-refractivity contribution in [1.29, 1.82) is 0 Å². The summed E-state index contributed by atoms with van der Waals surface area (Å²) in [4.78, 5) is 17.0. The van der Waals surface area contributed by atoms with E-state index in [0.29, 0.717) is 0 Å². The molecule has 0 saturated carbocycles. The van der Waals surface area contributed by atoms with Gasteiger partial charge in [0.25, 0.3) is 6.29 Å². The third kappa shape index (κ3) is 2.21. The summed E-state index contributed by atoms with van der Waals surface area (Å²) in [5.74, 6) is 0.0208. The third-order valence-corrected chi connectivity index (χ3v) is 3.13. The van der Waals surface area contributed by atoms with Crippen molar-refractivity contribution >= 4 is 22.9 Å². The van der Waals surface area contributed by atoms with Crippen LogP contribution in [0.15, 0.2) is 6.33 Å². The van der Waals surface area contributed by atoms with Crippen molar-refractivity contribution < 1.29 is 24.9 Å². The Labute approximate surface area is 117 Å². The molecule has 2 aromatic rings. The number of aromatic nitrogens is 4. The predicted octanol–water partition coefficient (Wildman–Crippen LogP) is -3.14. The van der Waals surface area contributed by atoms with Crippen LogP contribution in [0.1, 0.15) is 0 Å². The maximum Gasteiger partial charge on any atom is 0.254 e. The summed E-state index contributed by atoms with van der Waals surface area (Å²) in [5.41, 5.74) is 11.6. The van der Waals surface area contributed by atoms with Gasteiger partial charge in [0.2, 0.25) is 11.6 Å². The Hall–Kier alpha value is -2.21. The molecule has 0 aliphatic carbocycles. The lowest BCUT2D eigenvalue weighted by atomic mass is 10.1. The van der Waals surface area contributed by atoms with E-state index in [9.17, 15) is 10.2 Å². The summed E-state index contributed by atoms with van der Waals surface area (Å²) < 4.78 is 6.29. The van der Waals surface area contributed by atoms with Gasteiger partial charge in [0.15, 0.2) is 11.3 Å². The van der Waals surface area contributed by atoms with Crippen molar-refractivity contribution in [3.63, 3.8) is 0 Å². The first-order valence-corrected chi connectivity index (χ1v) is 6.07. The zero-order chi connectivity index (χ0) is 15.1. The van der Waals surface area contributed by atoms with Crippen LogP contribution in [0.2, 0.25) is 0 Å². The van der Waals surface area contributed by atoms with E-state index in [2.05, 4.69) is 15.0 Å². The smallest absolute Gasteiger partial charge is 0.254 e. The molecule has 0 bridgehead atoms. The second-order valence-electron chi connectivity index (χ2n) is 4.52. The van der Waals surface area contributed by atoms with E-state index in [1.54, 1.807) is 0 Å². The van der Waals surface area contributed by atoms with E-state index in [1.807, 2.05) is 0 Å². The lowest BCUT2D eigenvalue weighted by Gasteiger charge is -2.16. The maximum absolute atomic E-state index is 9.81. The summed E-state index contributed by atoms with van der Waals surface area (Å²) in [6.45, 7) is -0.454. The highest BCUT2D eigenvalue weighted by molar-refractivity contribution is 5.82. The topological polar surface area (TPSA) is 175 Å². The number of anilines is 2. The van der Waals surface area contributed by atoms with Gasteiger partial charge in [-0.15, -0.1) is 4.73 Å². The number of aliphatic hydroxyl groups is 3. The minimum absolute atomic E-state index is 0.0634. The van der Waals surface area contributed by atoms with Gasteiger partial charge in [-0.25, -0.2) is 4.98 Å². The van der Waals surface area contributed by atoms with Crippen LogP contribution >= 0.6 is 0 Å². The molecular formula is C10H14N6O5. The number of aliphatic hydroxyl groups excluding tert-OH is 3. The Balaban J connectivity index is 1.89. The van der Waals surface area contributed by atoms with E-state index in [4.69, 9.17) is 26.1 Å². The molecule has 7 N–H and O–H groups in total. The van der Waals surface area contributed by atoms with E-state index in [0.717, 1.165) is 4.73 Å². The van der Waals surface area contributed by atoms with Crippen molar-refractivity contribution in [1.82, 2.24) is 19.7 Å². The Morgan fingerprint density at radius 2 is 2.05 bits per heavy atom. The average molecular weight is 298 g/mol. The fraction of sp³-hybridized carbons (Fsp3) is 0.500. The van der Waals surface area contributed by atoms with Crippen molar-refractivity contribution in [2.45, 2.75) is 24.6 Å². The lowest BCUT2D eigenvalue weighted by molar-refractivity contribution is -0.169. The number of nitrogen functional groups attached to an aromatic ring is 2. The molecule has 1 saturated heterocycles. The average Bonchev–Trinajstić information content (AvgIpc) is 2.96. The number of ether oxygens (including phenoxy) is 1. The highest BCUT2D eigenvalue weighted by Crippen LogP contribution is 2.22. The van der Waals surface area contributed by atoms with Gasteiger partial charge in [-0.3, -0.25) is 0 Å². The number of fused-ring (bicyclic) bond motifs is 1. The number of hydrogen-bond donors (Lipinski definition) is 5. The number of imidazole rings is 1. The molecule has 0 radical (unpaired) electrons. The second-order valence-corrected chi connectivity index (χ2v) is 4.52. The van der Waals surface area contributed by atoms with Crippen LogP contribution in [0.4, 0.5) is 11.8 Å². The summed E-state index contributed by atoms with van der Waals surface area (Å²) >= 11 is 0. The third-order valence-electron chi connectivity index (χ3n) is 3.13. The summed E-state index contributed by atoms with van der Waals surface area (Å²) in [6.07, 6.45) is -3.49. The fourth-order valence-corrected chi connectivity index (χ4v) is 2.06. The minimum Gasteiger partial charge on any atom is -0.394 e. The zero-order valence-corrected chi connectivity index (χ0v) is 10.7. The molecule has 4 atom stereocenters. The number of nitrogens with two attached hydrogens (primary N) is 2. The monoisotopic (exact) mass is 298 g/mol. The molecule has 3 heterocycles. The highest BCUT2D eigenvalue weighted by Gasteiger charge is 2.44. The SMILES string of the molecule is Nc1nc(N)c2ncn(OC3O[C@H](CO)[C@@H](O)[C@H]3O)c2n1. The van der Waals surface area contributed by atoms with Crippen molar-refractivity contribution in [2.24, 2.45) is 0 Å². The van der Waals surface area contributed by atoms with E-state index < -0.39 is 31.2 Å². The van der Waals surface area contributed by atoms with Gasteiger partial charge in [0.1, 0.15) is 24.6 Å². The van der Waals surface area contributed by atoms with Crippen LogP contribution in [0.25, 0.3) is 11.2 Å². The van der Waals surface area contributed by atoms with Gasteiger partial charge in [0, 0.05) is 0 Å². The van der Waals surface area contributed by atoms with Gasteiger partial charge >= 0.3 is 0 Å². The minimum atomic E-state index is -1.34. The van der Waals surface area contributed by atoms with E-state index in [1.165, 1.54) is 6.33 Å².